The number of carbonyl (C=O) groups excluding carboxylic acids is 1. The lowest BCUT2D eigenvalue weighted by Gasteiger charge is -2.41. The van der Waals surface area contributed by atoms with Crippen molar-refractivity contribution < 1.29 is 19.0 Å². The van der Waals surface area contributed by atoms with Crippen molar-refractivity contribution in [2.24, 2.45) is 0 Å². The third kappa shape index (κ3) is 5.87. The van der Waals surface area contributed by atoms with Crippen molar-refractivity contribution in [3.05, 3.63) is 35.6 Å². The number of aliphatic hydroxyl groups is 1. The Morgan fingerprint density at radius 1 is 1.50 bits per heavy atom. The highest BCUT2D eigenvalue weighted by Gasteiger charge is 2.31. The van der Waals surface area contributed by atoms with E-state index in [0.29, 0.717) is 17.9 Å². The Bertz CT molecular complexity index is 645. The number of halogens is 1. The summed E-state index contributed by atoms with van der Waals surface area (Å²) in [7, 11) is 1.21. The van der Waals surface area contributed by atoms with Gasteiger partial charge in [0.1, 0.15) is 5.82 Å². The third-order valence-corrected chi connectivity index (χ3v) is 6.98. The van der Waals surface area contributed by atoms with Crippen molar-refractivity contribution in [2.75, 3.05) is 32.5 Å². The molecule has 2 rings (SSSR count). The van der Waals surface area contributed by atoms with Crippen LogP contribution in [0.3, 0.4) is 0 Å². The van der Waals surface area contributed by atoms with E-state index in [9.17, 15) is 14.3 Å². The van der Waals surface area contributed by atoms with Gasteiger partial charge in [0, 0.05) is 25.2 Å². The van der Waals surface area contributed by atoms with E-state index in [1.54, 1.807) is 12.1 Å². The molecule has 26 heavy (non-hydrogen) atoms. The van der Waals surface area contributed by atoms with Crippen molar-refractivity contribution >= 4 is 22.0 Å². The maximum absolute atomic E-state index is 13.3. The third-order valence-electron chi connectivity index (χ3n) is 4.88. The highest BCUT2D eigenvalue weighted by atomic mass is 32.2. The second kappa shape index (κ2) is 9.60. The molecule has 1 aromatic carbocycles. The maximum atomic E-state index is 13.3. The topological polar surface area (TPSA) is 61.8 Å². The van der Waals surface area contributed by atoms with Crippen LogP contribution < -0.4 is 5.32 Å². The largest absolute Gasteiger partial charge is 0.468 e. The molecule has 0 saturated carbocycles. The molecule has 2 atom stereocenters. The first-order valence-electron chi connectivity index (χ1n) is 8.86. The minimum Gasteiger partial charge on any atom is -0.468 e. The van der Waals surface area contributed by atoms with Gasteiger partial charge in [0.2, 0.25) is 0 Å². The number of carbonyl (C=O) groups is 1. The molecule has 1 fully saturated rings. The zero-order chi connectivity index (χ0) is 19.2. The van der Waals surface area contributed by atoms with E-state index in [2.05, 4.69) is 21.9 Å². The van der Waals surface area contributed by atoms with Crippen LogP contribution >= 0.6 is 10.7 Å². The van der Waals surface area contributed by atoms with Crippen LogP contribution in [0.5, 0.6) is 0 Å². The smallest absolute Gasteiger partial charge is 0.316 e. The second-order valence-electron chi connectivity index (χ2n) is 6.80. The minimum atomic E-state index is -0.738. The summed E-state index contributed by atoms with van der Waals surface area (Å²) in [6.07, 6.45) is 1.10. The SMILES string of the molecule is C/C=S(/CC(=O)OC)N1CCC(C)(NC[C@H](O)c2cccc(F)c2)CC1. The Hall–Kier alpha value is -1.28. The summed E-state index contributed by atoms with van der Waals surface area (Å²) in [5, 5.41) is 15.8. The monoisotopic (exact) mass is 384 g/mol. The minimum absolute atomic E-state index is 0.0845. The Kier molecular flexibility index (Phi) is 7.76. The summed E-state index contributed by atoms with van der Waals surface area (Å²) in [6.45, 7) is 6.27. The molecule has 1 heterocycles. The first-order chi connectivity index (χ1) is 12.4. The molecule has 0 bridgehead atoms. The molecule has 5 nitrogen and oxygen atoms in total. The summed E-state index contributed by atoms with van der Waals surface area (Å²) >= 11 is 0. The number of hydrogen-bond acceptors (Lipinski definition) is 5. The summed E-state index contributed by atoms with van der Waals surface area (Å²) in [4.78, 5) is 11.6. The molecular formula is C19H29FN2O3S. The van der Waals surface area contributed by atoms with Crippen molar-refractivity contribution in [3.8, 4) is 0 Å². The van der Waals surface area contributed by atoms with E-state index in [1.165, 1.54) is 19.2 Å². The van der Waals surface area contributed by atoms with E-state index in [4.69, 9.17) is 4.74 Å². The molecule has 0 spiro atoms. The number of piperidine rings is 1. The highest BCUT2D eigenvalue weighted by molar-refractivity contribution is 8.13. The van der Waals surface area contributed by atoms with Crippen LogP contribution in [0, 0.1) is 5.82 Å². The van der Waals surface area contributed by atoms with Crippen LogP contribution in [0.1, 0.15) is 38.4 Å². The van der Waals surface area contributed by atoms with Gasteiger partial charge < -0.3 is 15.2 Å². The quantitative estimate of drug-likeness (QED) is 0.559. The zero-order valence-electron chi connectivity index (χ0n) is 15.7. The fourth-order valence-corrected chi connectivity index (χ4v) is 4.73. The lowest BCUT2D eigenvalue weighted by Crippen LogP contribution is -2.51. The number of methoxy groups -OCH3 is 1. The Morgan fingerprint density at radius 2 is 2.19 bits per heavy atom. The molecule has 0 aliphatic carbocycles. The molecule has 1 aromatic rings. The van der Waals surface area contributed by atoms with Gasteiger partial charge in [-0.05, 0) is 49.8 Å². The van der Waals surface area contributed by atoms with Gasteiger partial charge in [-0.15, -0.1) is 10.7 Å². The number of ether oxygens (including phenoxy) is 1. The average molecular weight is 385 g/mol. The number of hydrogen-bond donors (Lipinski definition) is 2. The van der Waals surface area contributed by atoms with Crippen LogP contribution in [-0.2, 0) is 9.53 Å². The molecule has 7 heteroatoms. The fraction of sp³-hybridized carbons (Fsp3) is 0.579. The van der Waals surface area contributed by atoms with Gasteiger partial charge in [0.15, 0.2) is 0 Å². The Morgan fingerprint density at radius 3 is 2.77 bits per heavy atom. The van der Waals surface area contributed by atoms with Crippen molar-refractivity contribution in [3.63, 3.8) is 0 Å². The van der Waals surface area contributed by atoms with Gasteiger partial charge in [-0.3, -0.25) is 9.10 Å². The number of nitrogens with one attached hydrogen (secondary N) is 1. The van der Waals surface area contributed by atoms with E-state index in [0.717, 1.165) is 25.9 Å². The average Bonchev–Trinajstić information content (AvgIpc) is 2.65. The first-order valence-corrected chi connectivity index (χ1v) is 10.3. The van der Waals surface area contributed by atoms with Crippen LogP contribution in [0.4, 0.5) is 4.39 Å². The maximum Gasteiger partial charge on any atom is 0.316 e. The molecule has 0 aromatic heterocycles. The molecule has 0 amide bonds. The van der Waals surface area contributed by atoms with E-state index in [1.807, 2.05) is 6.92 Å². The summed E-state index contributed by atoms with van der Waals surface area (Å²) < 4.78 is 20.4. The predicted octanol–water partition coefficient (Wildman–Crippen LogP) is 2.48. The summed E-state index contributed by atoms with van der Waals surface area (Å²) in [5.41, 5.74) is 0.498. The van der Waals surface area contributed by atoms with Crippen LogP contribution in [0.2, 0.25) is 0 Å². The van der Waals surface area contributed by atoms with Gasteiger partial charge in [0.05, 0.1) is 19.0 Å². The molecule has 1 unspecified atom stereocenters. The van der Waals surface area contributed by atoms with E-state index in [-0.39, 0.29) is 28.0 Å². The van der Waals surface area contributed by atoms with Gasteiger partial charge in [-0.1, -0.05) is 12.1 Å². The highest BCUT2D eigenvalue weighted by Crippen LogP contribution is 2.30. The first kappa shape index (κ1) is 21.0. The number of nitrogens with zero attached hydrogens (tertiary/aromatic N) is 1. The molecule has 0 radical (unpaired) electrons. The number of esters is 1. The predicted molar refractivity (Wildman–Crippen MR) is 105 cm³/mol. The van der Waals surface area contributed by atoms with Crippen LogP contribution in [0.15, 0.2) is 24.3 Å². The number of rotatable bonds is 7. The van der Waals surface area contributed by atoms with E-state index >= 15 is 0 Å². The van der Waals surface area contributed by atoms with Gasteiger partial charge >= 0.3 is 5.97 Å². The van der Waals surface area contributed by atoms with Gasteiger partial charge in [-0.2, -0.15) is 0 Å². The van der Waals surface area contributed by atoms with Crippen molar-refractivity contribution in [1.82, 2.24) is 9.62 Å². The summed E-state index contributed by atoms with van der Waals surface area (Å²) in [5.74, 6) is -0.124. The van der Waals surface area contributed by atoms with E-state index < -0.39 is 6.10 Å². The van der Waals surface area contributed by atoms with Crippen LogP contribution in [-0.4, -0.2) is 58.8 Å². The number of benzene rings is 1. The normalized spacial score (nSPS) is 19.9. The van der Waals surface area contributed by atoms with Crippen molar-refractivity contribution in [2.45, 2.75) is 38.3 Å². The standard InChI is InChI=1S/C19H29FN2O3S/c1-4-26(14-18(24)25-3)22-10-8-19(2,9-11-22)21-13-17(23)15-6-5-7-16(20)12-15/h4-7,12,17,21,23H,8-11,13-14H2,1-3H3/t17-,26?/m0/s1. The fourth-order valence-electron chi connectivity index (χ4n) is 3.07. The lowest BCUT2D eigenvalue weighted by atomic mass is 9.90. The molecule has 146 valence electrons. The lowest BCUT2D eigenvalue weighted by molar-refractivity contribution is -0.137. The van der Waals surface area contributed by atoms with Gasteiger partial charge in [-0.25, -0.2) is 4.39 Å². The van der Waals surface area contributed by atoms with Crippen LogP contribution in [0.25, 0.3) is 0 Å². The number of aliphatic hydroxyl groups excluding tert-OH is 1. The Balaban J connectivity index is 1.86. The molecule has 2 N–H and O–H groups in total. The number of β-amino-alcohol motifs (C(OH)–C–C–N with tert-alkyl or cyclic N) is 1. The zero-order valence-corrected chi connectivity index (χ0v) is 16.5. The molecule has 1 aliphatic heterocycles. The second-order valence-corrected chi connectivity index (χ2v) is 8.88. The molecular weight excluding hydrogens is 355 g/mol. The van der Waals surface area contributed by atoms with Crippen molar-refractivity contribution in [1.29, 1.82) is 0 Å². The molecule has 1 saturated heterocycles. The summed E-state index contributed by atoms with van der Waals surface area (Å²) in [6, 6.07) is 6.08. The Labute approximate surface area is 157 Å². The van der Waals surface area contributed by atoms with Gasteiger partial charge in [0.25, 0.3) is 0 Å². The molecule has 1 aliphatic rings.